The number of hydrogen-bond donors (Lipinski definition) is 2. The lowest BCUT2D eigenvalue weighted by molar-refractivity contribution is -0.383. The van der Waals surface area contributed by atoms with Crippen molar-refractivity contribution in [3.05, 3.63) is 22.2 Å². The van der Waals surface area contributed by atoms with E-state index in [1.807, 2.05) is 0 Å². The van der Waals surface area contributed by atoms with Gasteiger partial charge in [0.15, 0.2) is 5.52 Å². The predicted molar refractivity (Wildman–Crippen MR) is 92.9 cm³/mol. The van der Waals surface area contributed by atoms with Crippen LogP contribution >= 0.6 is 0 Å². The first kappa shape index (κ1) is 18.1. The molecule has 8 nitrogen and oxygen atoms in total. The molecule has 0 aliphatic carbocycles. The lowest BCUT2D eigenvalue weighted by atomic mass is 10.1. The molecule has 0 saturated carbocycles. The van der Waals surface area contributed by atoms with Crippen molar-refractivity contribution >= 4 is 22.4 Å². The first-order valence-electron chi connectivity index (χ1n) is 8.57. The highest BCUT2D eigenvalue weighted by Crippen LogP contribution is 2.28. The number of rotatable bonds is 12. The van der Waals surface area contributed by atoms with E-state index in [9.17, 15) is 10.1 Å². The number of nitrogens with zero attached hydrogens (tertiary/aromatic N) is 3. The van der Waals surface area contributed by atoms with Crippen molar-refractivity contribution in [2.24, 2.45) is 5.73 Å². The number of nitrogens with one attached hydrogen (secondary N) is 1. The SMILES string of the molecule is NCCCCCCCCCCNc1ccc([N+](=O)[O-])c2nonc12. The summed E-state index contributed by atoms with van der Waals surface area (Å²) in [5.74, 6) is 0. The summed E-state index contributed by atoms with van der Waals surface area (Å²) >= 11 is 0. The summed E-state index contributed by atoms with van der Waals surface area (Å²) in [7, 11) is 0. The summed E-state index contributed by atoms with van der Waals surface area (Å²) in [6.45, 7) is 1.59. The molecule has 0 spiro atoms. The number of fused-ring (bicyclic) bond motifs is 1. The zero-order valence-corrected chi connectivity index (χ0v) is 13.9. The zero-order valence-electron chi connectivity index (χ0n) is 13.9. The Balaban J connectivity index is 1.68. The average molecular weight is 335 g/mol. The highest BCUT2D eigenvalue weighted by molar-refractivity contribution is 5.93. The molecule has 0 aliphatic heterocycles. The van der Waals surface area contributed by atoms with Gasteiger partial charge in [-0.3, -0.25) is 10.1 Å². The minimum absolute atomic E-state index is 0.0913. The van der Waals surface area contributed by atoms with E-state index in [2.05, 4.69) is 20.3 Å². The first-order chi connectivity index (χ1) is 11.7. The minimum atomic E-state index is -0.482. The Kier molecular flexibility index (Phi) is 7.41. The topological polar surface area (TPSA) is 120 Å². The van der Waals surface area contributed by atoms with Crippen LogP contribution in [0.3, 0.4) is 0 Å². The number of aromatic nitrogens is 2. The van der Waals surface area contributed by atoms with Crippen molar-refractivity contribution in [1.29, 1.82) is 0 Å². The maximum Gasteiger partial charge on any atom is 0.300 e. The molecule has 0 saturated heterocycles. The molecule has 24 heavy (non-hydrogen) atoms. The lowest BCUT2D eigenvalue weighted by Gasteiger charge is -2.06. The van der Waals surface area contributed by atoms with Crippen molar-refractivity contribution < 1.29 is 9.55 Å². The number of anilines is 1. The molecular formula is C16H25N5O3. The van der Waals surface area contributed by atoms with E-state index in [1.54, 1.807) is 6.07 Å². The van der Waals surface area contributed by atoms with Crippen LogP contribution in [-0.2, 0) is 0 Å². The third-order valence-electron chi connectivity index (χ3n) is 4.04. The molecule has 132 valence electrons. The number of hydrogen-bond acceptors (Lipinski definition) is 7. The Hall–Kier alpha value is -2.22. The van der Waals surface area contributed by atoms with E-state index in [-0.39, 0.29) is 11.2 Å². The third kappa shape index (κ3) is 5.16. The summed E-state index contributed by atoms with van der Waals surface area (Å²) in [4.78, 5) is 10.5. The maximum atomic E-state index is 10.9. The van der Waals surface area contributed by atoms with E-state index in [4.69, 9.17) is 5.73 Å². The van der Waals surface area contributed by atoms with Crippen LogP contribution in [-0.4, -0.2) is 28.3 Å². The van der Waals surface area contributed by atoms with Crippen LogP contribution in [0.1, 0.15) is 51.4 Å². The van der Waals surface area contributed by atoms with Gasteiger partial charge in [0.05, 0.1) is 10.6 Å². The average Bonchev–Trinajstić information content (AvgIpc) is 3.06. The first-order valence-corrected chi connectivity index (χ1v) is 8.57. The smallest absolute Gasteiger partial charge is 0.300 e. The third-order valence-corrected chi connectivity index (χ3v) is 4.04. The van der Waals surface area contributed by atoms with Crippen LogP contribution in [0.2, 0.25) is 0 Å². The van der Waals surface area contributed by atoms with Crippen molar-refractivity contribution in [3.63, 3.8) is 0 Å². The fourth-order valence-electron chi connectivity index (χ4n) is 2.70. The van der Waals surface area contributed by atoms with Crippen LogP contribution in [0.15, 0.2) is 16.8 Å². The second kappa shape index (κ2) is 9.82. The predicted octanol–water partition coefficient (Wildman–Crippen LogP) is 3.62. The number of non-ortho nitro benzene ring substituents is 1. The van der Waals surface area contributed by atoms with Gasteiger partial charge in [-0.1, -0.05) is 38.5 Å². The molecule has 1 aromatic carbocycles. The molecule has 0 atom stereocenters. The molecule has 8 heteroatoms. The lowest BCUT2D eigenvalue weighted by Crippen LogP contribution is -2.02. The van der Waals surface area contributed by atoms with Gasteiger partial charge in [0, 0.05) is 12.6 Å². The van der Waals surface area contributed by atoms with Crippen molar-refractivity contribution in [2.75, 3.05) is 18.4 Å². The van der Waals surface area contributed by atoms with Crippen LogP contribution in [0.5, 0.6) is 0 Å². The number of benzene rings is 1. The van der Waals surface area contributed by atoms with Gasteiger partial charge in [0.25, 0.3) is 0 Å². The molecule has 1 aromatic heterocycles. The van der Waals surface area contributed by atoms with Crippen molar-refractivity contribution in [2.45, 2.75) is 51.4 Å². The fourth-order valence-corrected chi connectivity index (χ4v) is 2.70. The summed E-state index contributed by atoms with van der Waals surface area (Å²) in [5, 5.41) is 21.6. The second-order valence-electron chi connectivity index (χ2n) is 5.89. The maximum absolute atomic E-state index is 10.9. The fraction of sp³-hybridized carbons (Fsp3) is 0.625. The molecule has 0 fully saturated rings. The highest BCUT2D eigenvalue weighted by Gasteiger charge is 2.19. The molecule has 2 aromatic rings. The monoisotopic (exact) mass is 335 g/mol. The molecule has 0 radical (unpaired) electrons. The van der Waals surface area contributed by atoms with Gasteiger partial charge in [-0.15, -0.1) is 0 Å². The number of nitrogens with two attached hydrogens (primary N) is 1. The minimum Gasteiger partial charge on any atom is -0.383 e. The molecular weight excluding hydrogens is 310 g/mol. The molecule has 0 amide bonds. The molecule has 2 rings (SSSR count). The Labute approximate surface area is 140 Å². The number of unbranched alkanes of at least 4 members (excludes halogenated alkanes) is 7. The van der Waals surface area contributed by atoms with Crippen LogP contribution < -0.4 is 11.1 Å². The van der Waals surface area contributed by atoms with E-state index in [1.165, 1.54) is 38.2 Å². The second-order valence-corrected chi connectivity index (χ2v) is 5.89. The van der Waals surface area contributed by atoms with Crippen LogP contribution in [0, 0.1) is 10.1 Å². The molecule has 0 bridgehead atoms. The molecule has 1 heterocycles. The number of nitro benzene ring substituents is 1. The standard InChI is InChI=1S/C16H25N5O3/c17-11-7-5-3-1-2-4-6-8-12-18-13-9-10-14(21(22)23)16-15(13)19-24-20-16/h9-10,18H,1-8,11-12,17H2. The number of nitro groups is 1. The summed E-state index contributed by atoms with van der Waals surface area (Å²) in [6.07, 6.45) is 9.62. The largest absolute Gasteiger partial charge is 0.383 e. The van der Waals surface area contributed by atoms with E-state index in [0.717, 1.165) is 38.0 Å². The van der Waals surface area contributed by atoms with Crippen molar-refractivity contribution in [1.82, 2.24) is 10.3 Å². The van der Waals surface area contributed by atoms with Crippen LogP contribution in [0.25, 0.3) is 11.0 Å². The summed E-state index contributed by atoms with van der Waals surface area (Å²) in [6, 6.07) is 3.08. The van der Waals surface area contributed by atoms with Crippen molar-refractivity contribution in [3.8, 4) is 0 Å². The quantitative estimate of drug-likeness (QED) is 0.345. The van der Waals surface area contributed by atoms with Gasteiger partial charge in [-0.25, -0.2) is 4.63 Å². The van der Waals surface area contributed by atoms with Gasteiger partial charge in [-0.2, -0.15) is 0 Å². The van der Waals surface area contributed by atoms with Crippen LogP contribution in [0.4, 0.5) is 11.4 Å². The zero-order chi connectivity index (χ0) is 17.2. The van der Waals surface area contributed by atoms with Gasteiger partial charge < -0.3 is 11.1 Å². The van der Waals surface area contributed by atoms with Gasteiger partial charge >= 0.3 is 5.69 Å². The highest BCUT2D eigenvalue weighted by atomic mass is 16.6. The molecule has 3 N–H and O–H groups in total. The Morgan fingerprint density at radius 2 is 1.62 bits per heavy atom. The van der Waals surface area contributed by atoms with Gasteiger partial charge in [0.1, 0.15) is 0 Å². The Bertz CT molecular complexity index is 644. The van der Waals surface area contributed by atoms with E-state index >= 15 is 0 Å². The molecule has 0 aliphatic rings. The Morgan fingerprint density at radius 1 is 1.00 bits per heavy atom. The van der Waals surface area contributed by atoms with Gasteiger partial charge in [0.2, 0.25) is 5.52 Å². The van der Waals surface area contributed by atoms with E-state index < -0.39 is 4.92 Å². The Morgan fingerprint density at radius 3 is 2.29 bits per heavy atom. The summed E-state index contributed by atoms with van der Waals surface area (Å²) in [5.41, 5.74) is 6.69. The normalized spacial score (nSPS) is 11.0. The van der Waals surface area contributed by atoms with Gasteiger partial charge in [-0.05, 0) is 35.8 Å². The van der Waals surface area contributed by atoms with E-state index in [0.29, 0.717) is 5.52 Å². The summed E-state index contributed by atoms with van der Waals surface area (Å²) < 4.78 is 4.64. The molecule has 0 unspecified atom stereocenters.